The number of aliphatic hydroxyl groups excluding tert-OH is 1. The number of piperidine rings is 1. The second-order valence-corrected chi connectivity index (χ2v) is 7.78. The maximum absolute atomic E-state index is 13.0. The number of aliphatic hydroxyl groups is 1. The number of carbonyl (C=O) groups excluding carboxylic acids is 4. The predicted molar refractivity (Wildman–Crippen MR) is 125 cm³/mol. The Morgan fingerprint density at radius 2 is 1.58 bits per heavy atom. The van der Waals surface area contributed by atoms with Gasteiger partial charge in [-0.15, -0.1) is 0 Å². The summed E-state index contributed by atoms with van der Waals surface area (Å²) in [6, 6.07) is 3.86. The molecule has 1 aliphatic rings. The third-order valence-electron chi connectivity index (χ3n) is 5.18. The maximum Gasteiger partial charge on any atom is 0.261 e. The summed E-state index contributed by atoms with van der Waals surface area (Å²) in [7, 11) is 0. The van der Waals surface area contributed by atoms with E-state index in [4.69, 9.17) is 28.8 Å². The highest BCUT2D eigenvalue weighted by atomic mass is 16.6. The van der Waals surface area contributed by atoms with Crippen LogP contribution in [0.3, 0.4) is 0 Å². The fraction of sp³-hybridized carbons (Fsp3) is 0.583. The minimum Gasteiger partial charge on any atom is -0.491 e. The van der Waals surface area contributed by atoms with E-state index in [0.717, 1.165) is 4.90 Å². The molecule has 0 radical (unpaired) electrons. The van der Waals surface area contributed by atoms with Gasteiger partial charge in [-0.25, -0.2) is 0 Å². The zero-order chi connectivity index (χ0) is 26.2. The molecule has 2 rings (SSSR count). The monoisotopic (exact) mass is 510 g/mol. The predicted octanol–water partition coefficient (Wildman–Crippen LogP) is -0.164. The minimum atomic E-state index is -1.04. The minimum absolute atomic E-state index is 0.00743. The number of rotatable bonds is 18. The van der Waals surface area contributed by atoms with E-state index in [0.29, 0.717) is 70.6 Å². The second kappa shape index (κ2) is 16.7. The summed E-state index contributed by atoms with van der Waals surface area (Å²) in [6.07, 6.45) is 0.445. The van der Waals surface area contributed by atoms with Crippen LogP contribution in [0.15, 0.2) is 18.2 Å². The Morgan fingerprint density at radius 3 is 2.14 bits per heavy atom. The standard InChI is InChI=1S/C24H34N2O10/c1-18-2-3-19(36-15-14-35-13-12-34-11-10-33-9-8-32-7-6-27)16-20(18)24(31)26(17-28)21-4-5-22(29)25-23(21)30/h2-3,16-17,21,27H,4-15H2,1H3,(H,25,29,30). The highest BCUT2D eigenvalue weighted by Gasteiger charge is 2.35. The first-order chi connectivity index (χ1) is 17.5. The number of imide groups is 2. The average molecular weight is 511 g/mol. The van der Waals surface area contributed by atoms with Crippen LogP contribution in [-0.2, 0) is 33.3 Å². The molecule has 36 heavy (non-hydrogen) atoms. The van der Waals surface area contributed by atoms with Crippen LogP contribution in [0.4, 0.5) is 0 Å². The van der Waals surface area contributed by atoms with Gasteiger partial charge in [-0.05, 0) is 31.0 Å². The summed E-state index contributed by atoms with van der Waals surface area (Å²) in [5.74, 6) is -1.33. The van der Waals surface area contributed by atoms with Crippen molar-refractivity contribution in [2.24, 2.45) is 0 Å². The van der Waals surface area contributed by atoms with E-state index in [2.05, 4.69) is 5.32 Å². The Hall–Kier alpha value is -2.90. The van der Waals surface area contributed by atoms with Crippen LogP contribution in [0.5, 0.6) is 5.75 Å². The fourth-order valence-electron chi connectivity index (χ4n) is 3.32. The molecular weight excluding hydrogens is 476 g/mol. The van der Waals surface area contributed by atoms with Crippen LogP contribution in [0.25, 0.3) is 0 Å². The molecule has 12 heteroatoms. The Labute approximate surface area is 209 Å². The van der Waals surface area contributed by atoms with Gasteiger partial charge < -0.3 is 28.8 Å². The molecule has 1 atom stereocenters. The van der Waals surface area contributed by atoms with Gasteiger partial charge in [-0.2, -0.15) is 0 Å². The molecule has 1 fully saturated rings. The fourth-order valence-corrected chi connectivity index (χ4v) is 3.32. The summed E-state index contributed by atoms with van der Waals surface area (Å²) < 4.78 is 26.9. The van der Waals surface area contributed by atoms with Crippen molar-refractivity contribution in [2.45, 2.75) is 25.8 Å². The summed E-state index contributed by atoms with van der Waals surface area (Å²) in [5.41, 5.74) is 0.836. The first-order valence-corrected chi connectivity index (χ1v) is 11.7. The van der Waals surface area contributed by atoms with Crippen molar-refractivity contribution in [1.29, 1.82) is 0 Å². The second-order valence-electron chi connectivity index (χ2n) is 7.78. The normalized spacial score (nSPS) is 15.4. The van der Waals surface area contributed by atoms with Crippen LogP contribution in [-0.4, -0.2) is 106 Å². The molecule has 2 N–H and O–H groups in total. The van der Waals surface area contributed by atoms with Gasteiger partial charge in [0.05, 0.1) is 59.5 Å². The number of hydrogen-bond donors (Lipinski definition) is 2. The van der Waals surface area contributed by atoms with Gasteiger partial charge in [0.15, 0.2) is 0 Å². The van der Waals surface area contributed by atoms with Crippen molar-refractivity contribution in [3.63, 3.8) is 0 Å². The number of aryl methyl sites for hydroxylation is 1. The Kier molecular flexibility index (Phi) is 13.6. The van der Waals surface area contributed by atoms with E-state index in [9.17, 15) is 19.2 Å². The molecule has 0 aliphatic carbocycles. The lowest BCUT2D eigenvalue weighted by atomic mass is 10.0. The quantitative estimate of drug-likeness (QED) is 0.155. The van der Waals surface area contributed by atoms with E-state index >= 15 is 0 Å². The van der Waals surface area contributed by atoms with Crippen molar-refractivity contribution in [3.05, 3.63) is 29.3 Å². The van der Waals surface area contributed by atoms with Gasteiger partial charge >= 0.3 is 0 Å². The number of nitrogens with zero attached hydrogens (tertiary/aromatic N) is 1. The Bertz CT molecular complexity index is 863. The maximum atomic E-state index is 13.0. The third-order valence-corrected chi connectivity index (χ3v) is 5.18. The first-order valence-electron chi connectivity index (χ1n) is 11.7. The van der Waals surface area contributed by atoms with Crippen molar-refractivity contribution >= 4 is 24.1 Å². The molecular formula is C24H34N2O10. The van der Waals surface area contributed by atoms with Gasteiger partial charge in [0, 0.05) is 12.0 Å². The molecule has 1 aliphatic heterocycles. The molecule has 4 amide bonds. The molecule has 0 bridgehead atoms. The van der Waals surface area contributed by atoms with Gasteiger partial charge in [0.2, 0.25) is 18.2 Å². The third kappa shape index (κ3) is 9.99. The zero-order valence-corrected chi connectivity index (χ0v) is 20.4. The van der Waals surface area contributed by atoms with E-state index in [1.54, 1.807) is 19.1 Å². The molecule has 0 saturated carbocycles. The van der Waals surface area contributed by atoms with Crippen LogP contribution >= 0.6 is 0 Å². The van der Waals surface area contributed by atoms with Crippen LogP contribution in [0.2, 0.25) is 0 Å². The highest BCUT2D eigenvalue weighted by molar-refractivity contribution is 6.07. The average Bonchev–Trinajstić information content (AvgIpc) is 2.86. The van der Waals surface area contributed by atoms with E-state index in [1.807, 2.05) is 0 Å². The molecule has 1 aromatic carbocycles. The number of hydrogen-bond acceptors (Lipinski definition) is 10. The first kappa shape index (κ1) is 29.3. The molecule has 0 aromatic heterocycles. The lowest BCUT2D eigenvalue weighted by Crippen LogP contribution is -2.53. The van der Waals surface area contributed by atoms with Crippen LogP contribution < -0.4 is 10.1 Å². The van der Waals surface area contributed by atoms with Gasteiger partial charge in [-0.3, -0.25) is 29.4 Å². The number of amides is 4. The summed E-state index contributed by atoms with van der Waals surface area (Å²) >= 11 is 0. The van der Waals surface area contributed by atoms with Crippen LogP contribution in [0, 0.1) is 6.92 Å². The number of nitrogens with one attached hydrogen (secondary N) is 1. The van der Waals surface area contributed by atoms with E-state index in [1.165, 1.54) is 6.07 Å². The van der Waals surface area contributed by atoms with Crippen molar-refractivity contribution in [2.75, 3.05) is 66.1 Å². The zero-order valence-electron chi connectivity index (χ0n) is 20.4. The molecule has 0 spiro atoms. The summed E-state index contributed by atoms with van der Waals surface area (Å²) in [6.45, 7) is 5.04. The Balaban J connectivity index is 1.68. The SMILES string of the molecule is Cc1ccc(OCCOCCOCCOCCOCCO)cc1C(=O)N(C=O)C1CCC(=O)NC1=O. The van der Waals surface area contributed by atoms with E-state index in [-0.39, 0.29) is 31.6 Å². The van der Waals surface area contributed by atoms with Gasteiger partial charge in [0.25, 0.3) is 5.91 Å². The van der Waals surface area contributed by atoms with Crippen molar-refractivity contribution in [1.82, 2.24) is 10.2 Å². The molecule has 1 aromatic rings. The molecule has 1 heterocycles. The van der Waals surface area contributed by atoms with Gasteiger partial charge in [-0.1, -0.05) is 6.07 Å². The molecule has 12 nitrogen and oxygen atoms in total. The number of ether oxygens (including phenoxy) is 5. The lowest BCUT2D eigenvalue weighted by Gasteiger charge is -2.28. The molecule has 1 unspecified atom stereocenters. The number of carbonyl (C=O) groups is 4. The van der Waals surface area contributed by atoms with Crippen molar-refractivity contribution < 1.29 is 48.0 Å². The Morgan fingerprint density at radius 1 is 1.00 bits per heavy atom. The van der Waals surface area contributed by atoms with Crippen molar-refractivity contribution in [3.8, 4) is 5.75 Å². The topological polar surface area (TPSA) is 150 Å². The molecule has 200 valence electrons. The van der Waals surface area contributed by atoms with E-state index < -0.39 is 23.8 Å². The smallest absolute Gasteiger partial charge is 0.261 e. The molecule has 1 saturated heterocycles. The lowest BCUT2D eigenvalue weighted by molar-refractivity contribution is -0.139. The number of benzene rings is 1. The van der Waals surface area contributed by atoms with Gasteiger partial charge in [0.1, 0.15) is 18.4 Å². The largest absolute Gasteiger partial charge is 0.491 e. The van der Waals surface area contributed by atoms with Crippen LogP contribution in [0.1, 0.15) is 28.8 Å². The summed E-state index contributed by atoms with van der Waals surface area (Å²) in [4.78, 5) is 48.9. The summed E-state index contributed by atoms with van der Waals surface area (Å²) in [5, 5.41) is 10.7. The highest BCUT2D eigenvalue weighted by Crippen LogP contribution is 2.21.